The Balaban J connectivity index is 2.66. The normalized spacial score (nSPS) is 10.4. The van der Waals surface area contributed by atoms with Gasteiger partial charge in [-0.1, -0.05) is 0 Å². The second kappa shape index (κ2) is 6.76. The van der Waals surface area contributed by atoms with Crippen molar-refractivity contribution >= 4 is 17.6 Å². The Hall–Kier alpha value is -2.88. The number of carbonyl (C=O) groups is 2. The molecule has 1 heterocycles. The fraction of sp³-hybridized carbons (Fsp3) is 0.167. The van der Waals surface area contributed by atoms with Crippen LogP contribution in [0, 0.1) is 18.3 Å². The monoisotopic (exact) mass is 260 g/mol. The summed E-state index contributed by atoms with van der Waals surface area (Å²) < 4.78 is 0. The number of aliphatic carboxylic acids is 1. The summed E-state index contributed by atoms with van der Waals surface area (Å²) in [6.45, 7) is 1.30. The van der Waals surface area contributed by atoms with Gasteiger partial charge >= 0.3 is 5.97 Å². The summed E-state index contributed by atoms with van der Waals surface area (Å²) in [5.74, 6) is -1.93. The van der Waals surface area contributed by atoms with Crippen LogP contribution in [0.2, 0.25) is 0 Å². The molecule has 98 valence electrons. The maximum Gasteiger partial charge on any atom is 0.322 e. The van der Waals surface area contributed by atoms with Gasteiger partial charge < -0.3 is 15.7 Å². The summed E-state index contributed by atoms with van der Waals surface area (Å²) in [6.07, 6.45) is 2.75. The zero-order valence-corrected chi connectivity index (χ0v) is 10.2. The number of nitrogens with zero attached hydrogens (tertiary/aromatic N) is 2. The molecule has 0 atom stereocenters. The molecule has 1 aromatic heterocycles. The molecule has 0 fully saturated rings. The van der Waals surface area contributed by atoms with Crippen molar-refractivity contribution in [2.45, 2.75) is 6.92 Å². The molecule has 0 aliphatic heterocycles. The predicted molar refractivity (Wildman–Crippen MR) is 66.9 cm³/mol. The quantitative estimate of drug-likeness (QED) is 0.521. The zero-order chi connectivity index (χ0) is 14.3. The molecule has 7 nitrogen and oxygen atoms in total. The molecular weight excluding hydrogens is 248 g/mol. The van der Waals surface area contributed by atoms with Gasteiger partial charge in [0.15, 0.2) is 0 Å². The van der Waals surface area contributed by atoms with Gasteiger partial charge in [-0.2, -0.15) is 5.26 Å². The zero-order valence-electron chi connectivity index (χ0n) is 10.2. The number of hydrogen-bond donors (Lipinski definition) is 3. The standard InChI is InChI=1S/C12H12N4O3/c1-8-2-3-10(6-14-8)15-5-9(4-13)12(19)16-7-11(17)18/h2-3,5-6,15H,7H2,1H3,(H,16,19)(H,17,18)/b9-5-. The minimum atomic E-state index is -1.18. The largest absolute Gasteiger partial charge is 0.480 e. The second-order valence-corrected chi connectivity index (χ2v) is 3.58. The van der Waals surface area contributed by atoms with Crippen molar-refractivity contribution in [1.29, 1.82) is 5.26 Å². The van der Waals surface area contributed by atoms with Crippen LogP contribution < -0.4 is 10.6 Å². The van der Waals surface area contributed by atoms with Gasteiger partial charge in [-0.05, 0) is 19.1 Å². The smallest absolute Gasteiger partial charge is 0.322 e. The molecule has 7 heteroatoms. The molecule has 0 saturated carbocycles. The Kier molecular flexibility index (Phi) is 5.04. The molecule has 0 unspecified atom stereocenters. The molecule has 0 radical (unpaired) electrons. The molecule has 0 saturated heterocycles. The molecule has 0 spiro atoms. The average Bonchev–Trinajstić information content (AvgIpc) is 2.39. The fourth-order valence-corrected chi connectivity index (χ4v) is 1.11. The van der Waals surface area contributed by atoms with Crippen molar-refractivity contribution < 1.29 is 14.7 Å². The minimum absolute atomic E-state index is 0.221. The molecule has 1 aromatic rings. The number of amides is 1. The molecular formula is C12H12N4O3. The van der Waals surface area contributed by atoms with Crippen LogP contribution in [0.4, 0.5) is 5.69 Å². The number of nitrogens with one attached hydrogen (secondary N) is 2. The summed E-state index contributed by atoms with van der Waals surface area (Å²) in [5.41, 5.74) is 1.24. The maximum absolute atomic E-state index is 11.4. The lowest BCUT2D eigenvalue weighted by Crippen LogP contribution is -2.30. The molecule has 1 rings (SSSR count). The first-order valence-electron chi connectivity index (χ1n) is 5.32. The molecule has 0 bridgehead atoms. The van der Waals surface area contributed by atoms with Gasteiger partial charge in [-0.15, -0.1) is 0 Å². The summed E-state index contributed by atoms with van der Waals surface area (Å²) in [7, 11) is 0. The Morgan fingerprint density at radius 2 is 2.26 bits per heavy atom. The van der Waals surface area contributed by atoms with E-state index >= 15 is 0 Å². The third-order valence-corrected chi connectivity index (χ3v) is 2.06. The number of aromatic nitrogens is 1. The highest BCUT2D eigenvalue weighted by atomic mass is 16.4. The lowest BCUT2D eigenvalue weighted by molar-refractivity contribution is -0.137. The number of aryl methyl sites for hydroxylation is 1. The van der Waals surface area contributed by atoms with Crippen molar-refractivity contribution in [1.82, 2.24) is 10.3 Å². The lowest BCUT2D eigenvalue weighted by atomic mass is 10.3. The number of nitriles is 1. The number of carbonyl (C=O) groups excluding carboxylic acids is 1. The number of hydrogen-bond acceptors (Lipinski definition) is 5. The van der Waals surface area contributed by atoms with Crippen molar-refractivity contribution in [3.8, 4) is 6.07 Å². The highest BCUT2D eigenvalue weighted by Crippen LogP contribution is 2.06. The van der Waals surface area contributed by atoms with E-state index in [1.165, 1.54) is 6.20 Å². The fourth-order valence-electron chi connectivity index (χ4n) is 1.11. The van der Waals surface area contributed by atoms with E-state index in [-0.39, 0.29) is 5.57 Å². The Bertz CT molecular complexity index is 543. The number of anilines is 1. The topological polar surface area (TPSA) is 115 Å². The molecule has 0 aromatic carbocycles. The summed E-state index contributed by atoms with van der Waals surface area (Å²) in [4.78, 5) is 25.8. The van der Waals surface area contributed by atoms with E-state index in [1.54, 1.807) is 24.4 Å². The van der Waals surface area contributed by atoms with Crippen molar-refractivity contribution in [3.05, 3.63) is 35.8 Å². The van der Waals surface area contributed by atoms with Gasteiger partial charge in [0.2, 0.25) is 0 Å². The van der Waals surface area contributed by atoms with Crippen LogP contribution in [-0.4, -0.2) is 28.5 Å². The van der Waals surface area contributed by atoms with E-state index in [4.69, 9.17) is 10.4 Å². The Morgan fingerprint density at radius 1 is 1.53 bits per heavy atom. The molecule has 3 N–H and O–H groups in total. The van der Waals surface area contributed by atoms with E-state index in [0.717, 1.165) is 5.69 Å². The Labute approximate surface area is 109 Å². The molecule has 1 amide bonds. The third kappa shape index (κ3) is 4.87. The van der Waals surface area contributed by atoms with E-state index in [2.05, 4.69) is 15.6 Å². The SMILES string of the molecule is Cc1ccc(N/C=C(/C#N)C(=O)NCC(=O)O)cn1. The number of pyridine rings is 1. The van der Waals surface area contributed by atoms with Crippen LogP contribution >= 0.6 is 0 Å². The van der Waals surface area contributed by atoms with Crippen LogP contribution in [-0.2, 0) is 9.59 Å². The number of rotatable bonds is 5. The van der Waals surface area contributed by atoms with Gasteiger partial charge in [-0.25, -0.2) is 0 Å². The molecule has 19 heavy (non-hydrogen) atoms. The van der Waals surface area contributed by atoms with Gasteiger partial charge in [0.05, 0.1) is 11.9 Å². The average molecular weight is 260 g/mol. The second-order valence-electron chi connectivity index (χ2n) is 3.58. The summed E-state index contributed by atoms with van der Waals surface area (Å²) in [6, 6.07) is 5.19. The van der Waals surface area contributed by atoms with Crippen LogP contribution in [0.1, 0.15) is 5.69 Å². The van der Waals surface area contributed by atoms with Crippen LogP contribution in [0.5, 0.6) is 0 Å². The van der Waals surface area contributed by atoms with E-state index in [0.29, 0.717) is 5.69 Å². The minimum Gasteiger partial charge on any atom is -0.480 e. The van der Waals surface area contributed by atoms with Gasteiger partial charge in [0.1, 0.15) is 18.2 Å². The van der Waals surface area contributed by atoms with Crippen molar-refractivity contribution in [3.63, 3.8) is 0 Å². The van der Waals surface area contributed by atoms with Gasteiger partial charge in [0, 0.05) is 11.9 Å². The highest BCUT2D eigenvalue weighted by Gasteiger charge is 2.09. The van der Waals surface area contributed by atoms with Crippen LogP contribution in [0.15, 0.2) is 30.1 Å². The van der Waals surface area contributed by atoms with E-state index in [9.17, 15) is 9.59 Å². The molecule has 0 aliphatic rings. The first-order chi connectivity index (χ1) is 9.02. The number of carboxylic acids is 1. The lowest BCUT2D eigenvalue weighted by Gasteiger charge is -2.03. The summed E-state index contributed by atoms with van der Waals surface area (Å²) >= 11 is 0. The van der Waals surface area contributed by atoms with Crippen LogP contribution in [0.3, 0.4) is 0 Å². The van der Waals surface area contributed by atoms with Gasteiger partial charge in [0.25, 0.3) is 5.91 Å². The first-order valence-corrected chi connectivity index (χ1v) is 5.32. The predicted octanol–water partition coefficient (Wildman–Crippen LogP) is 0.410. The van der Waals surface area contributed by atoms with Gasteiger partial charge in [-0.3, -0.25) is 14.6 Å². The first kappa shape index (κ1) is 14.2. The van der Waals surface area contributed by atoms with Crippen molar-refractivity contribution in [2.24, 2.45) is 0 Å². The van der Waals surface area contributed by atoms with Crippen LogP contribution in [0.25, 0.3) is 0 Å². The van der Waals surface area contributed by atoms with Crippen molar-refractivity contribution in [2.75, 3.05) is 11.9 Å². The Morgan fingerprint density at radius 3 is 2.79 bits per heavy atom. The number of carboxylic acid groups (broad SMARTS) is 1. The van der Waals surface area contributed by atoms with E-state index in [1.807, 2.05) is 6.92 Å². The maximum atomic E-state index is 11.4. The van der Waals surface area contributed by atoms with E-state index < -0.39 is 18.4 Å². The third-order valence-electron chi connectivity index (χ3n) is 2.06. The summed E-state index contributed by atoms with van der Waals surface area (Å²) in [5, 5.41) is 22.0. The molecule has 0 aliphatic carbocycles. The highest BCUT2D eigenvalue weighted by molar-refractivity contribution is 5.98.